The molecule has 1 aromatic rings. The Morgan fingerprint density at radius 1 is 1.40 bits per heavy atom. The van der Waals surface area contributed by atoms with Crippen LogP contribution in [0.2, 0.25) is 0 Å². The highest BCUT2D eigenvalue weighted by Gasteiger charge is 2.00. The highest BCUT2D eigenvalue weighted by molar-refractivity contribution is 7.09. The van der Waals surface area contributed by atoms with Gasteiger partial charge in [0, 0.05) is 18.5 Å². The van der Waals surface area contributed by atoms with E-state index in [0.717, 1.165) is 23.9 Å². The van der Waals surface area contributed by atoms with Crippen LogP contribution in [0.25, 0.3) is 0 Å². The molecule has 15 heavy (non-hydrogen) atoms. The van der Waals surface area contributed by atoms with E-state index in [9.17, 15) is 0 Å². The summed E-state index contributed by atoms with van der Waals surface area (Å²) in [6.45, 7) is 5.41. The van der Waals surface area contributed by atoms with Crippen molar-refractivity contribution < 1.29 is 9.47 Å². The van der Waals surface area contributed by atoms with Crippen molar-refractivity contribution in [3.63, 3.8) is 0 Å². The van der Waals surface area contributed by atoms with Crippen molar-refractivity contribution in [3.05, 3.63) is 16.1 Å². The molecule has 4 nitrogen and oxygen atoms in total. The molecule has 0 aliphatic heterocycles. The monoisotopic (exact) mass is 230 g/mol. The Kier molecular flexibility index (Phi) is 6.50. The van der Waals surface area contributed by atoms with Gasteiger partial charge < -0.3 is 14.8 Å². The minimum Gasteiger partial charge on any atom is -0.379 e. The normalized spacial score (nSPS) is 10.8. The van der Waals surface area contributed by atoms with Gasteiger partial charge in [-0.15, -0.1) is 11.3 Å². The smallest absolute Gasteiger partial charge is 0.107 e. The molecule has 0 bridgehead atoms. The lowest BCUT2D eigenvalue weighted by atomic mass is 10.5. The van der Waals surface area contributed by atoms with E-state index in [-0.39, 0.29) is 0 Å². The molecule has 0 fully saturated rings. The summed E-state index contributed by atoms with van der Waals surface area (Å²) < 4.78 is 10.6. The summed E-state index contributed by atoms with van der Waals surface area (Å²) in [6, 6.07) is 0. The van der Waals surface area contributed by atoms with Crippen LogP contribution in [0.15, 0.2) is 5.38 Å². The number of nitrogens with zero attached hydrogens (tertiary/aromatic N) is 1. The van der Waals surface area contributed by atoms with E-state index >= 15 is 0 Å². The van der Waals surface area contributed by atoms with Crippen LogP contribution in [0.5, 0.6) is 0 Å². The zero-order valence-corrected chi connectivity index (χ0v) is 10.1. The summed E-state index contributed by atoms with van der Waals surface area (Å²) in [5.41, 5.74) is 1.00. The molecule has 5 heteroatoms. The fourth-order valence-electron chi connectivity index (χ4n) is 1.09. The first-order valence-corrected chi connectivity index (χ1v) is 5.98. The van der Waals surface area contributed by atoms with Crippen molar-refractivity contribution in [1.29, 1.82) is 0 Å². The zero-order valence-electron chi connectivity index (χ0n) is 9.28. The van der Waals surface area contributed by atoms with E-state index in [1.165, 1.54) is 0 Å². The molecular formula is C10H18N2O2S. The molecule has 1 N–H and O–H groups in total. The van der Waals surface area contributed by atoms with Crippen LogP contribution in [0, 0.1) is 0 Å². The van der Waals surface area contributed by atoms with Crippen molar-refractivity contribution >= 4 is 11.3 Å². The second kappa shape index (κ2) is 7.76. The molecule has 0 aromatic carbocycles. The van der Waals surface area contributed by atoms with Crippen LogP contribution in [0.4, 0.5) is 0 Å². The van der Waals surface area contributed by atoms with Crippen molar-refractivity contribution in [2.45, 2.75) is 20.1 Å². The standard InChI is InChI=1S/C10H18N2O2S/c1-3-13-4-5-14-7-9-8-15-10(12-9)6-11-2/h8,11H,3-7H2,1-2H3. The van der Waals surface area contributed by atoms with Gasteiger partial charge in [0.25, 0.3) is 0 Å². The number of ether oxygens (including phenoxy) is 2. The predicted octanol–water partition coefficient (Wildman–Crippen LogP) is 1.42. The molecule has 0 amide bonds. The fourth-order valence-corrected chi connectivity index (χ4v) is 1.88. The molecule has 0 unspecified atom stereocenters. The van der Waals surface area contributed by atoms with Crippen LogP contribution >= 0.6 is 11.3 Å². The predicted molar refractivity (Wildman–Crippen MR) is 61.0 cm³/mol. The summed E-state index contributed by atoms with van der Waals surface area (Å²) in [4.78, 5) is 4.41. The molecule has 86 valence electrons. The number of aromatic nitrogens is 1. The highest BCUT2D eigenvalue weighted by atomic mass is 32.1. The average Bonchev–Trinajstić information content (AvgIpc) is 2.66. The second-order valence-electron chi connectivity index (χ2n) is 3.01. The van der Waals surface area contributed by atoms with Crippen LogP contribution < -0.4 is 5.32 Å². The SMILES string of the molecule is CCOCCOCc1csc(CNC)n1. The lowest BCUT2D eigenvalue weighted by molar-refractivity contribution is 0.0442. The molecule has 0 saturated heterocycles. The van der Waals surface area contributed by atoms with Gasteiger partial charge in [-0.3, -0.25) is 0 Å². The maximum Gasteiger partial charge on any atom is 0.107 e. The fraction of sp³-hybridized carbons (Fsp3) is 0.700. The number of rotatable bonds is 8. The molecule has 0 spiro atoms. The third-order valence-corrected chi connectivity index (χ3v) is 2.65. The van der Waals surface area contributed by atoms with E-state index in [1.54, 1.807) is 11.3 Å². The summed E-state index contributed by atoms with van der Waals surface area (Å²) in [5.74, 6) is 0. The Bertz CT molecular complexity index is 266. The lowest BCUT2D eigenvalue weighted by Gasteiger charge is -2.01. The Morgan fingerprint density at radius 2 is 2.20 bits per heavy atom. The summed E-state index contributed by atoms with van der Waals surface area (Å²) in [6.07, 6.45) is 0. The van der Waals surface area contributed by atoms with Gasteiger partial charge in [0.2, 0.25) is 0 Å². The molecule has 0 radical (unpaired) electrons. The van der Waals surface area contributed by atoms with Crippen LogP contribution in [0.3, 0.4) is 0 Å². The van der Waals surface area contributed by atoms with E-state index < -0.39 is 0 Å². The minimum atomic E-state index is 0.577. The van der Waals surface area contributed by atoms with Crippen molar-refractivity contribution in [2.24, 2.45) is 0 Å². The van der Waals surface area contributed by atoms with Crippen LogP contribution in [-0.4, -0.2) is 31.9 Å². The molecular weight excluding hydrogens is 212 g/mol. The van der Waals surface area contributed by atoms with E-state index in [4.69, 9.17) is 9.47 Å². The Hall–Kier alpha value is -0.490. The molecule has 1 heterocycles. The Labute approximate surface area is 94.6 Å². The summed E-state index contributed by atoms with van der Waals surface area (Å²) in [7, 11) is 1.92. The van der Waals surface area contributed by atoms with Crippen molar-refractivity contribution in [2.75, 3.05) is 26.9 Å². The molecule has 0 aliphatic carbocycles. The Balaban J connectivity index is 2.14. The maximum atomic E-state index is 5.41. The number of thiazole rings is 1. The van der Waals surface area contributed by atoms with Crippen molar-refractivity contribution in [1.82, 2.24) is 10.3 Å². The quantitative estimate of drug-likeness (QED) is 0.686. The van der Waals surface area contributed by atoms with Gasteiger partial charge in [0.1, 0.15) is 5.01 Å². The highest BCUT2D eigenvalue weighted by Crippen LogP contribution is 2.10. The average molecular weight is 230 g/mol. The second-order valence-corrected chi connectivity index (χ2v) is 3.96. The molecule has 1 rings (SSSR count). The number of hydrogen-bond acceptors (Lipinski definition) is 5. The number of hydrogen-bond donors (Lipinski definition) is 1. The van der Waals surface area contributed by atoms with Gasteiger partial charge in [-0.05, 0) is 14.0 Å². The van der Waals surface area contributed by atoms with Gasteiger partial charge >= 0.3 is 0 Å². The first-order valence-electron chi connectivity index (χ1n) is 5.10. The molecule has 0 aliphatic rings. The van der Waals surface area contributed by atoms with Gasteiger partial charge in [0.05, 0.1) is 25.5 Å². The van der Waals surface area contributed by atoms with E-state index in [1.807, 2.05) is 19.4 Å². The van der Waals surface area contributed by atoms with Gasteiger partial charge in [-0.25, -0.2) is 4.98 Å². The topological polar surface area (TPSA) is 43.4 Å². The third kappa shape index (κ3) is 5.22. The maximum absolute atomic E-state index is 5.41. The van der Waals surface area contributed by atoms with Crippen LogP contribution in [0.1, 0.15) is 17.6 Å². The zero-order chi connectivity index (χ0) is 10.9. The Morgan fingerprint density at radius 3 is 2.93 bits per heavy atom. The molecule has 0 atom stereocenters. The lowest BCUT2D eigenvalue weighted by Crippen LogP contribution is -2.06. The van der Waals surface area contributed by atoms with Gasteiger partial charge in [-0.2, -0.15) is 0 Å². The van der Waals surface area contributed by atoms with Crippen LogP contribution in [-0.2, 0) is 22.6 Å². The van der Waals surface area contributed by atoms with E-state index in [2.05, 4.69) is 10.3 Å². The minimum absolute atomic E-state index is 0.577. The first-order chi connectivity index (χ1) is 7.36. The third-order valence-electron chi connectivity index (χ3n) is 1.75. The first kappa shape index (κ1) is 12.6. The molecule has 0 saturated carbocycles. The van der Waals surface area contributed by atoms with E-state index in [0.29, 0.717) is 19.8 Å². The summed E-state index contributed by atoms with van der Waals surface area (Å²) >= 11 is 1.66. The van der Waals surface area contributed by atoms with Crippen molar-refractivity contribution in [3.8, 4) is 0 Å². The number of nitrogens with one attached hydrogen (secondary N) is 1. The van der Waals surface area contributed by atoms with Gasteiger partial charge in [0.15, 0.2) is 0 Å². The summed E-state index contributed by atoms with van der Waals surface area (Å²) in [5, 5.41) is 6.20. The molecule has 1 aromatic heterocycles. The largest absolute Gasteiger partial charge is 0.379 e. The van der Waals surface area contributed by atoms with Gasteiger partial charge in [-0.1, -0.05) is 0 Å².